The number of amides is 2. The Kier molecular flexibility index (Phi) is 6.29. The molecule has 0 saturated heterocycles. The number of likely N-dealkylation sites (N-methyl/N-ethyl adjacent to an activating group) is 1. The van der Waals surface area contributed by atoms with Crippen molar-refractivity contribution < 1.29 is 14.3 Å². The number of ether oxygens (including phenoxy) is 1. The second-order valence-electron chi connectivity index (χ2n) is 6.46. The molecule has 1 atom stereocenters. The third-order valence-electron chi connectivity index (χ3n) is 4.43. The van der Waals surface area contributed by atoms with Gasteiger partial charge in [0.25, 0.3) is 5.91 Å². The Bertz CT molecular complexity index is 998. The SMILES string of the molecule is CCNC(=O)[C@H](C)NC(=O)c1cn(-c2ccccc2)nc1-c1ccccc1OC. The molecule has 0 unspecified atom stereocenters. The second kappa shape index (κ2) is 9.05. The molecule has 7 nitrogen and oxygen atoms in total. The minimum absolute atomic E-state index is 0.241. The number of hydrogen-bond donors (Lipinski definition) is 2. The molecule has 3 aromatic rings. The van der Waals surface area contributed by atoms with E-state index in [4.69, 9.17) is 4.74 Å². The lowest BCUT2D eigenvalue weighted by atomic mass is 10.1. The molecule has 0 spiro atoms. The van der Waals surface area contributed by atoms with Gasteiger partial charge in [-0.1, -0.05) is 30.3 Å². The van der Waals surface area contributed by atoms with Crippen LogP contribution in [0.5, 0.6) is 5.75 Å². The zero-order valence-corrected chi connectivity index (χ0v) is 16.7. The van der Waals surface area contributed by atoms with Gasteiger partial charge in [0.15, 0.2) is 0 Å². The molecular formula is C22H24N4O3. The minimum atomic E-state index is -0.673. The van der Waals surface area contributed by atoms with Crippen LogP contribution in [0.1, 0.15) is 24.2 Å². The van der Waals surface area contributed by atoms with Gasteiger partial charge < -0.3 is 15.4 Å². The van der Waals surface area contributed by atoms with Crippen molar-refractivity contribution in [3.63, 3.8) is 0 Å². The van der Waals surface area contributed by atoms with Gasteiger partial charge in [-0.3, -0.25) is 9.59 Å². The number of nitrogens with one attached hydrogen (secondary N) is 2. The van der Waals surface area contributed by atoms with Gasteiger partial charge in [-0.2, -0.15) is 5.10 Å². The highest BCUT2D eigenvalue weighted by Crippen LogP contribution is 2.31. The number of carbonyl (C=O) groups is 2. The number of aromatic nitrogens is 2. The number of rotatable bonds is 7. The van der Waals surface area contributed by atoms with E-state index >= 15 is 0 Å². The molecular weight excluding hydrogens is 368 g/mol. The van der Waals surface area contributed by atoms with Gasteiger partial charge in [-0.15, -0.1) is 0 Å². The lowest BCUT2D eigenvalue weighted by molar-refractivity contribution is -0.122. The number of hydrogen-bond acceptors (Lipinski definition) is 4. The van der Waals surface area contributed by atoms with Crippen LogP contribution < -0.4 is 15.4 Å². The highest BCUT2D eigenvalue weighted by molar-refractivity contribution is 6.02. The molecule has 150 valence electrons. The van der Waals surface area contributed by atoms with Crippen LogP contribution in [-0.2, 0) is 4.79 Å². The van der Waals surface area contributed by atoms with E-state index in [2.05, 4.69) is 15.7 Å². The monoisotopic (exact) mass is 392 g/mol. The van der Waals surface area contributed by atoms with Gasteiger partial charge in [0.1, 0.15) is 17.5 Å². The number of nitrogens with zero attached hydrogens (tertiary/aromatic N) is 2. The smallest absolute Gasteiger partial charge is 0.255 e. The first-order valence-electron chi connectivity index (χ1n) is 9.42. The first kappa shape index (κ1) is 20.1. The Morgan fingerprint density at radius 2 is 1.79 bits per heavy atom. The van der Waals surface area contributed by atoms with Crippen molar-refractivity contribution in [3.8, 4) is 22.7 Å². The predicted octanol–water partition coefficient (Wildman–Crippen LogP) is 2.80. The molecule has 7 heteroatoms. The van der Waals surface area contributed by atoms with Crippen molar-refractivity contribution in [2.75, 3.05) is 13.7 Å². The number of carbonyl (C=O) groups excluding carboxylic acids is 2. The molecule has 2 N–H and O–H groups in total. The molecule has 1 heterocycles. The maximum atomic E-state index is 13.0. The van der Waals surface area contributed by atoms with Crippen LogP contribution in [-0.4, -0.2) is 41.3 Å². The maximum absolute atomic E-state index is 13.0. The Balaban J connectivity index is 2.03. The number of para-hydroxylation sites is 2. The molecule has 0 aliphatic carbocycles. The highest BCUT2D eigenvalue weighted by atomic mass is 16.5. The average molecular weight is 392 g/mol. The van der Waals surface area contributed by atoms with Crippen molar-refractivity contribution in [2.24, 2.45) is 0 Å². The number of methoxy groups -OCH3 is 1. The standard InChI is InChI=1S/C22H24N4O3/c1-4-23-21(27)15(2)24-22(28)18-14-26(16-10-6-5-7-11-16)25-20(18)17-12-8-9-13-19(17)29-3/h5-15H,4H2,1-3H3,(H,23,27)(H,24,28)/t15-/m0/s1. The molecule has 2 amide bonds. The normalized spacial score (nSPS) is 11.6. The molecule has 0 radical (unpaired) electrons. The summed E-state index contributed by atoms with van der Waals surface area (Å²) in [4.78, 5) is 25.0. The van der Waals surface area contributed by atoms with Crippen LogP contribution in [0.25, 0.3) is 16.9 Å². The molecule has 0 fully saturated rings. The van der Waals surface area contributed by atoms with Gasteiger partial charge in [0, 0.05) is 18.3 Å². The summed E-state index contributed by atoms with van der Waals surface area (Å²) in [5.74, 6) is -0.0152. The summed E-state index contributed by atoms with van der Waals surface area (Å²) >= 11 is 0. The van der Waals surface area contributed by atoms with E-state index in [1.54, 1.807) is 24.9 Å². The summed E-state index contributed by atoms with van der Waals surface area (Å²) in [7, 11) is 1.57. The van der Waals surface area contributed by atoms with Crippen molar-refractivity contribution in [1.82, 2.24) is 20.4 Å². The van der Waals surface area contributed by atoms with Crippen LogP contribution in [0.15, 0.2) is 60.8 Å². The van der Waals surface area contributed by atoms with Crippen LogP contribution in [0.4, 0.5) is 0 Å². The summed E-state index contributed by atoms with van der Waals surface area (Å²) in [6, 6.07) is 16.2. The molecule has 0 aliphatic rings. The summed E-state index contributed by atoms with van der Waals surface area (Å²) in [5.41, 5.74) is 2.35. The topological polar surface area (TPSA) is 85.3 Å². The van der Waals surface area contributed by atoms with E-state index in [9.17, 15) is 9.59 Å². The third kappa shape index (κ3) is 4.45. The van der Waals surface area contributed by atoms with Crippen molar-refractivity contribution >= 4 is 11.8 Å². The summed E-state index contributed by atoms with van der Waals surface area (Å²) in [5, 5.41) is 10.1. The van der Waals surface area contributed by atoms with E-state index < -0.39 is 6.04 Å². The fourth-order valence-corrected chi connectivity index (χ4v) is 2.96. The summed E-state index contributed by atoms with van der Waals surface area (Å²) in [6.07, 6.45) is 1.66. The van der Waals surface area contributed by atoms with Crippen molar-refractivity contribution in [1.29, 1.82) is 0 Å². The van der Waals surface area contributed by atoms with Gasteiger partial charge >= 0.3 is 0 Å². The van der Waals surface area contributed by atoms with E-state index in [0.717, 1.165) is 5.69 Å². The fraction of sp³-hybridized carbons (Fsp3) is 0.227. The van der Waals surface area contributed by atoms with Gasteiger partial charge in [0.05, 0.1) is 18.4 Å². The quantitative estimate of drug-likeness (QED) is 0.647. The van der Waals surface area contributed by atoms with Crippen molar-refractivity contribution in [3.05, 3.63) is 66.4 Å². The highest BCUT2D eigenvalue weighted by Gasteiger charge is 2.23. The predicted molar refractivity (Wildman–Crippen MR) is 111 cm³/mol. The fourth-order valence-electron chi connectivity index (χ4n) is 2.96. The van der Waals surface area contributed by atoms with Gasteiger partial charge in [-0.25, -0.2) is 4.68 Å². The van der Waals surface area contributed by atoms with Crippen LogP contribution in [0.2, 0.25) is 0 Å². The zero-order valence-electron chi connectivity index (χ0n) is 16.7. The Morgan fingerprint density at radius 3 is 2.48 bits per heavy atom. The molecule has 0 saturated carbocycles. The van der Waals surface area contributed by atoms with Crippen LogP contribution >= 0.6 is 0 Å². The molecule has 0 bridgehead atoms. The molecule has 3 rings (SSSR count). The third-order valence-corrected chi connectivity index (χ3v) is 4.43. The van der Waals surface area contributed by atoms with Crippen molar-refractivity contribution in [2.45, 2.75) is 19.9 Å². The lowest BCUT2D eigenvalue weighted by Crippen LogP contribution is -2.44. The van der Waals surface area contributed by atoms with E-state index in [1.165, 1.54) is 0 Å². The number of benzene rings is 2. The Morgan fingerprint density at radius 1 is 1.10 bits per heavy atom. The van der Waals surface area contributed by atoms with Gasteiger partial charge in [0.2, 0.25) is 5.91 Å². The minimum Gasteiger partial charge on any atom is -0.496 e. The Labute approximate surface area is 169 Å². The van der Waals surface area contributed by atoms with E-state index in [1.807, 2.05) is 61.5 Å². The first-order valence-corrected chi connectivity index (χ1v) is 9.42. The second-order valence-corrected chi connectivity index (χ2v) is 6.46. The zero-order chi connectivity index (χ0) is 20.8. The lowest BCUT2D eigenvalue weighted by Gasteiger charge is -2.13. The van der Waals surface area contributed by atoms with Crippen LogP contribution in [0.3, 0.4) is 0 Å². The maximum Gasteiger partial charge on any atom is 0.255 e. The average Bonchev–Trinajstić information content (AvgIpc) is 3.20. The van der Waals surface area contributed by atoms with Crippen LogP contribution in [0, 0.1) is 0 Å². The summed E-state index contributed by atoms with van der Waals surface area (Å²) in [6.45, 7) is 3.97. The molecule has 2 aromatic carbocycles. The largest absolute Gasteiger partial charge is 0.496 e. The van der Waals surface area contributed by atoms with E-state index in [0.29, 0.717) is 29.1 Å². The molecule has 0 aliphatic heterocycles. The Hall–Kier alpha value is -3.61. The first-order chi connectivity index (χ1) is 14.0. The van der Waals surface area contributed by atoms with Gasteiger partial charge in [-0.05, 0) is 38.1 Å². The summed E-state index contributed by atoms with van der Waals surface area (Å²) < 4.78 is 7.10. The van der Waals surface area contributed by atoms with E-state index in [-0.39, 0.29) is 11.8 Å². The molecule has 29 heavy (non-hydrogen) atoms. The molecule has 1 aromatic heterocycles.